The Morgan fingerprint density at radius 3 is 2.50 bits per heavy atom. The first-order valence-corrected chi connectivity index (χ1v) is 10.0. The van der Waals surface area contributed by atoms with Gasteiger partial charge in [0.15, 0.2) is 6.29 Å². The molecule has 0 spiro atoms. The summed E-state index contributed by atoms with van der Waals surface area (Å²) >= 11 is 0. The van der Waals surface area contributed by atoms with Gasteiger partial charge in [-0.2, -0.15) is 0 Å². The molecule has 0 N–H and O–H groups in total. The monoisotopic (exact) mass is 358 g/mol. The molecule has 1 fully saturated rings. The van der Waals surface area contributed by atoms with E-state index in [4.69, 9.17) is 9.47 Å². The van der Waals surface area contributed by atoms with Crippen molar-refractivity contribution >= 4 is 0 Å². The van der Waals surface area contributed by atoms with Gasteiger partial charge in [0.2, 0.25) is 0 Å². The number of rotatable bonds is 7. The highest BCUT2D eigenvalue weighted by Gasteiger charge is 2.23. The zero-order valence-electron chi connectivity index (χ0n) is 15.8. The quantitative estimate of drug-likeness (QED) is 0.533. The van der Waals surface area contributed by atoms with Crippen molar-refractivity contribution in [2.45, 2.75) is 58.2 Å². The molecule has 1 aromatic carbocycles. The minimum Gasteiger partial charge on any atom is -0.348 e. The molecule has 1 atom stereocenters. The maximum Gasteiger partial charge on any atom is 0.183 e. The number of hydrogen-bond acceptors (Lipinski definition) is 2. The van der Waals surface area contributed by atoms with Crippen molar-refractivity contribution in [2.75, 3.05) is 13.2 Å². The lowest BCUT2D eigenvalue weighted by molar-refractivity contribution is -0.205. The molecule has 1 saturated heterocycles. The molecule has 0 saturated carbocycles. The van der Waals surface area contributed by atoms with E-state index in [9.17, 15) is 4.39 Å². The predicted octanol–water partition coefficient (Wildman–Crippen LogP) is 6.29. The Morgan fingerprint density at radius 2 is 1.85 bits per heavy atom. The maximum absolute atomic E-state index is 13.1. The second-order valence-electron chi connectivity index (χ2n) is 7.58. The van der Waals surface area contributed by atoms with E-state index in [0.717, 1.165) is 57.3 Å². The highest BCUT2D eigenvalue weighted by Crippen LogP contribution is 2.29. The molecule has 0 amide bonds. The summed E-state index contributed by atoms with van der Waals surface area (Å²) in [6.07, 6.45) is 12.7. The molecule has 1 aliphatic heterocycles. The fraction of sp³-hybridized carbons (Fsp3) is 0.565. The van der Waals surface area contributed by atoms with Gasteiger partial charge in [-0.25, -0.2) is 4.39 Å². The smallest absolute Gasteiger partial charge is 0.183 e. The predicted molar refractivity (Wildman–Crippen MR) is 103 cm³/mol. The van der Waals surface area contributed by atoms with Crippen LogP contribution in [-0.4, -0.2) is 13.2 Å². The van der Waals surface area contributed by atoms with E-state index in [0.29, 0.717) is 18.3 Å². The maximum atomic E-state index is 13.1. The molecule has 2 aliphatic rings. The molecular formula is C23H31FO2. The van der Waals surface area contributed by atoms with Crippen LogP contribution in [0.25, 0.3) is 0 Å². The minimum absolute atomic E-state index is 0.0714. The van der Waals surface area contributed by atoms with Crippen molar-refractivity contribution in [3.8, 4) is 0 Å². The number of ether oxygens (including phenoxy) is 2. The Balaban J connectivity index is 1.42. The summed E-state index contributed by atoms with van der Waals surface area (Å²) in [6, 6.07) is 8.61. The number of hydrogen-bond donors (Lipinski definition) is 0. The lowest BCUT2D eigenvalue weighted by atomic mass is 9.88. The molecule has 0 bridgehead atoms. The third-order valence-corrected chi connectivity index (χ3v) is 5.50. The van der Waals surface area contributed by atoms with E-state index in [-0.39, 0.29) is 12.1 Å². The van der Waals surface area contributed by atoms with Crippen LogP contribution in [0, 0.1) is 11.8 Å². The van der Waals surface area contributed by atoms with Crippen LogP contribution in [0.4, 0.5) is 4.39 Å². The normalized spacial score (nSPS) is 26.8. The Kier molecular flexibility index (Phi) is 7.45. The molecule has 3 heteroatoms. The molecule has 1 aromatic rings. The first-order valence-electron chi connectivity index (χ1n) is 10.0. The molecule has 1 unspecified atom stereocenters. The lowest BCUT2D eigenvalue weighted by Crippen LogP contribution is -2.27. The summed E-state index contributed by atoms with van der Waals surface area (Å²) < 4.78 is 24.9. The Bertz CT molecular complexity index is 597. The van der Waals surface area contributed by atoms with Crippen molar-refractivity contribution in [3.05, 3.63) is 59.4 Å². The zero-order valence-corrected chi connectivity index (χ0v) is 15.8. The highest BCUT2D eigenvalue weighted by atomic mass is 19.1. The molecule has 142 valence electrons. The summed E-state index contributed by atoms with van der Waals surface area (Å²) in [5.41, 5.74) is 2.44. The average Bonchev–Trinajstić information content (AvgIpc) is 2.69. The minimum atomic E-state index is -0.228. The van der Waals surface area contributed by atoms with Gasteiger partial charge >= 0.3 is 0 Å². The highest BCUT2D eigenvalue weighted by molar-refractivity contribution is 5.23. The summed E-state index contributed by atoms with van der Waals surface area (Å²) in [5, 5.41) is 0. The first-order chi connectivity index (χ1) is 12.7. The van der Waals surface area contributed by atoms with Crippen LogP contribution in [0.5, 0.6) is 0 Å². The van der Waals surface area contributed by atoms with Crippen LogP contribution in [-0.2, 0) is 15.9 Å². The second-order valence-corrected chi connectivity index (χ2v) is 7.58. The van der Waals surface area contributed by atoms with E-state index < -0.39 is 0 Å². The fourth-order valence-electron chi connectivity index (χ4n) is 3.73. The summed E-state index contributed by atoms with van der Waals surface area (Å²) in [4.78, 5) is 0. The van der Waals surface area contributed by atoms with Crippen molar-refractivity contribution < 1.29 is 13.9 Å². The lowest BCUT2D eigenvalue weighted by Gasteiger charge is -2.29. The molecular weight excluding hydrogens is 327 g/mol. The SMILES string of the molecule is C/C=C/CC[C@H]1CO[C@H](c2ccc(CCC3CC=C(F)CC3)cc2)OC1. The third-order valence-electron chi connectivity index (χ3n) is 5.50. The standard InChI is InChI=1S/C23H31FO2/c1-2-3-4-5-20-16-25-23(26-17-20)21-12-8-18(9-13-21)6-7-19-10-14-22(24)15-11-19/h2-3,8-9,12-14,19-20,23H,4-7,10-11,15-17H2,1H3/b3-2+/t19?,20-,23-. The molecule has 26 heavy (non-hydrogen) atoms. The first kappa shape index (κ1) is 19.3. The zero-order chi connectivity index (χ0) is 18.2. The number of halogens is 1. The molecule has 2 nitrogen and oxygen atoms in total. The topological polar surface area (TPSA) is 18.5 Å². The molecule has 3 rings (SSSR count). The molecule has 0 aromatic heterocycles. The Hall–Kier alpha value is -1.45. The van der Waals surface area contributed by atoms with Gasteiger partial charge in [0.25, 0.3) is 0 Å². The van der Waals surface area contributed by atoms with Crippen LogP contribution in [0.3, 0.4) is 0 Å². The Morgan fingerprint density at radius 1 is 1.08 bits per heavy atom. The summed E-state index contributed by atoms with van der Waals surface area (Å²) in [7, 11) is 0. The van der Waals surface area contributed by atoms with Gasteiger partial charge in [-0.15, -0.1) is 0 Å². The van der Waals surface area contributed by atoms with Gasteiger partial charge in [0.1, 0.15) is 0 Å². The largest absolute Gasteiger partial charge is 0.348 e. The van der Waals surface area contributed by atoms with E-state index >= 15 is 0 Å². The van der Waals surface area contributed by atoms with Crippen molar-refractivity contribution in [1.29, 1.82) is 0 Å². The third kappa shape index (κ3) is 5.78. The number of allylic oxidation sites excluding steroid dienone is 4. The van der Waals surface area contributed by atoms with Crippen LogP contribution in [0.15, 0.2) is 48.3 Å². The van der Waals surface area contributed by atoms with E-state index in [1.807, 2.05) is 0 Å². The molecule has 1 aliphatic carbocycles. The van der Waals surface area contributed by atoms with E-state index in [1.165, 1.54) is 5.56 Å². The van der Waals surface area contributed by atoms with Gasteiger partial charge in [-0.05, 0) is 63.4 Å². The fourth-order valence-corrected chi connectivity index (χ4v) is 3.73. The van der Waals surface area contributed by atoms with Gasteiger partial charge in [-0.3, -0.25) is 0 Å². The number of aryl methyl sites for hydroxylation is 1. The van der Waals surface area contributed by atoms with Gasteiger partial charge in [-0.1, -0.05) is 42.5 Å². The number of benzene rings is 1. The Labute approximate surface area is 157 Å². The average molecular weight is 358 g/mol. The van der Waals surface area contributed by atoms with Gasteiger partial charge < -0.3 is 9.47 Å². The van der Waals surface area contributed by atoms with Crippen LogP contribution in [0.2, 0.25) is 0 Å². The summed E-state index contributed by atoms with van der Waals surface area (Å²) in [5.74, 6) is 1.19. The van der Waals surface area contributed by atoms with Crippen LogP contribution in [0.1, 0.15) is 62.9 Å². The van der Waals surface area contributed by atoms with Gasteiger partial charge in [0.05, 0.1) is 19.0 Å². The van der Waals surface area contributed by atoms with Crippen LogP contribution >= 0.6 is 0 Å². The molecule has 1 heterocycles. The van der Waals surface area contributed by atoms with E-state index in [1.54, 1.807) is 6.08 Å². The van der Waals surface area contributed by atoms with Crippen molar-refractivity contribution in [1.82, 2.24) is 0 Å². The summed E-state index contributed by atoms with van der Waals surface area (Å²) in [6.45, 7) is 3.60. The van der Waals surface area contributed by atoms with Crippen molar-refractivity contribution in [3.63, 3.8) is 0 Å². The van der Waals surface area contributed by atoms with Crippen molar-refractivity contribution in [2.24, 2.45) is 11.8 Å². The van der Waals surface area contributed by atoms with Gasteiger partial charge in [0, 0.05) is 11.5 Å². The van der Waals surface area contributed by atoms with Crippen LogP contribution < -0.4 is 0 Å². The molecule has 0 radical (unpaired) electrons. The van der Waals surface area contributed by atoms with E-state index in [2.05, 4.69) is 43.3 Å². The second kappa shape index (κ2) is 10.0.